The molecule has 0 aliphatic carbocycles. The van der Waals surface area contributed by atoms with E-state index in [4.69, 9.17) is 0 Å². The molecule has 0 radical (unpaired) electrons. The summed E-state index contributed by atoms with van der Waals surface area (Å²) in [6, 6.07) is 0.760. The molecule has 1 aliphatic rings. The Labute approximate surface area is 95.6 Å². The largest absolute Gasteiger partial charge is 0.360 e. The molecule has 3 heteroatoms. The summed E-state index contributed by atoms with van der Waals surface area (Å²) in [6.07, 6.45) is 7.99. The van der Waals surface area contributed by atoms with Crippen molar-refractivity contribution in [3.05, 3.63) is 0 Å². The molecule has 2 unspecified atom stereocenters. The number of rotatable bonds is 5. The lowest BCUT2D eigenvalue weighted by Crippen LogP contribution is -2.28. The second kappa shape index (κ2) is 6.19. The fraction of sp³-hybridized carbons (Fsp3) is 0.917. The molecule has 2 nitrogen and oxygen atoms in total. The van der Waals surface area contributed by atoms with E-state index >= 15 is 0 Å². The average molecular weight is 208 g/mol. The fourth-order valence-corrected chi connectivity index (χ4v) is 2.42. The van der Waals surface area contributed by atoms with Crippen LogP contribution in [0.2, 0.25) is 5.82 Å². The maximum Gasteiger partial charge on any atom is 0.105 e. The van der Waals surface area contributed by atoms with Gasteiger partial charge in [-0.15, -0.1) is 0 Å². The maximum atomic E-state index is 4.32. The van der Waals surface area contributed by atoms with Crippen molar-refractivity contribution in [1.82, 2.24) is 4.90 Å². The maximum absolute atomic E-state index is 4.32. The zero-order valence-corrected chi connectivity index (χ0v) is 10.8. The number of hydrogen-bond donors (Lipinski definition) is 0. The molecule has 0 aromatic rings. The van der Waals surface area contributed by atoms with Crippen molar-refractivity contribution in [2.24, 2.45) is 4.99 Å². The molecule has 0 aromatic carbocycles. The van der Waals surface area contributed by atoms with E-state index in [0.29, 0.717) is 0 Å². The van der Waals surface area contributed by atoms with Crippen molar-refractivity contribution in [2.45, 2.75) is 57.3 Å². The van der Waals surface area contributed by atoms with Crippen LogP contribution >= 0.6 is 0 Å². The van der Waals surface area contributed by atoms with Gasteiger partial charge >= 0.3 is 0 Å². The molecule has 1 saturated heterocycles. The SMILES string of the molecule is BC(C)CCCCC1CC/C(=N\C)N1C. The predicted octanol–water partition coefficient (Wildman–Crippen LogP) is 2.11. The van der Waals surface area contributed by atoms with Crippen molar-refractivity contribution in [3.63, 3.8) is 0 Å². The van der Waals surface area contributed by atoms with Gasteiger partial charge in [-0.1, -0.05) is 32.0 Å². The minimum absolute atomic E-state index is 0.760. The number of unbranched alkanes of at least 4 members (excludes halogenated alkanes) is 1. The van der Waals surface area contributed by atoms with E-state index in [1.807, 2.05) is 7.05 Å². The molecular weight excluding hydrogens is 183 g/mol. The van der Waals surface area contributed by atoms with Crippen molar-refractivity contribution < 1.29 is 0 Å². The number of likely N-dealkylation sites (tertiary alicyclic amines) is 1. The smallest absolute Gasteiger partial charge is 0.105 e. The number of amidine groups is 1. The third-order valence-electron chi connectivity index (χ3n) is 3.48. The van der Waals surface area contributed by atoms with Gasteiger partial charge in [0.15, 0.2) is 0 Å². The Kier molecular flexibility index (Phi) is 5.20. The number of aliphatic imine (C=N–C) groups is 1. The van der Waals surface area contributed by atoms with Crippen LogP contribution in [0.1, 0.15) is 45.4 Å². The van der Waals surface area contributed by atoms with Crippen LogP contribution in [0.5, 0.6) is 0 Å². The molecule has 86 valence electrons. The zero-order valence-electron chi connectivity index (χ0n) is 10.8. The van der Waals surface area contributed by atoms with Crippen molar-refractivity contribution in [2.75, 3.05) is 14.1 Å². The molecule has 0 N–H and O–H groups in total. The third kappa shape index (κ3) is 3.88. The van der Waals surface area contributed by atoms with E-state index in [9.17, 15) is 0 Å². The molecule has 1 rings (SSSR count). The molecule has 1 fully saturated rings. The molecule has 0 spiro atoms. The van der Waals surface area contributed by atoms with Gasteiger partial charge in [-0.05, 0) is 12.8 Å². The second-order valence-electron chi connectivity index (χ2n) is 5.12. The normalized spacial score (nSPS) is 26.2. The Hall–Kier alpha value is -0.465. The van der Waals surface area contributed by atoms with Crippen molar-refractivity contribution >= 4 is 13.7 Å². The molecule has 0 saturated carbocycles. The quantitative estimate of drug-likeness (QED) is 0.499. The minimum Gasteiger partial charge on any atom is -0.360 e. The molecule has 0 amide bonds. The standard InChI is InChI=1S/C12H25BN2/c1-10(13)6-4-5-7-11-8-9-12(14-2)15(11)3/h10-11H,4-9,13H2,1-3H3/b14-12+. The molecular formula is C12H25BN2. The highest BCUT2D eigenvalue weighted by molar-refractivity contribution is 6.11. The van der Waals surface area contributed by atoms with E-state index in [0.717, 1.165) is 11.9 Å². The first kappa shape index (κ1) is 12.6. The summed E-state index contributed by atoms with van der Waals surface area (Å²) >= 11 is 0. The Balaban J connectivity index is 2.18. The summed E-state index contributed by atoms with van der Waals surface area (Å²) in [5, 5.41) is 0. The summed E-state index contributed by atoms with van der Waals surface area (Å²) in [6.45, 7) is 2.31. The average Bonchev–Trinajstić information content (AvgIpc) is 2.54. The molecule has 0 aromatic heterocycles. The Morgan fingerprint density at radius 3 is 2.80 bits per heavy atom. The summed E-state index contributed by atoms with van der Waals surface area (Å²) in [4.78, 5) is 6.70. The van der Waals surface area contributed by atoms with Gasteiger partial charge in [-0.25, -0.2) is 0 Å². The zero-order chi connectivity index (χ0) is 11.3. The van der Waals surface area contributed by atoms with E-state index in [2.05, 4.69) is 31.7 Å². The van der Waals surface area contributed by atoms with Gasteiger partial charge in [0.1, 0.15) is 7.85 Å². The van der Waals surface area contributed by atoms with Gasteiger partial charge in [0.05, 0.1) is 5.84 Å². The van der Waals surface area contributed by atoms with Crippen LogP contribution in [0.4, 0.5) is 0 Å². The lowest BCUT2D eigenvalue weighted by atomic mass is 9.85. The lowest BCUT2D eigenvalue weighted by Gasteiger charge is -2.21. The first-order chi connectivity index (χ1) is 7.15. The first-order valence-electron chi connectivity index (χ1n) is 6.33. The molecule has 1 heterocycles. The number of hydrogen-bond acceptors (Lipinski definition) is 1. The number of nitrogens with zero attached hydrogens (tertiary/aromatic N) is 2. The first-order valence-corrected chi connectivity index (χ1v) is 6.33. The van der Waals surface area contributed by atoms with Crippen molar-refractivity contribution in [1.29, 1.82) is 0 Å². The van der Waals surface area contributed by atoms with Gasteiger partial charge in [-0.3, -0.25) is 4.99 Å². The topological polar surface area (TPSA) is 15.6 Å². The van der Waals surface area contributed by atoms with Crippen LogP contribution in [-0.4, -0.2) is 38.7 Å². The predicted molar refractivity (Wildman–Crippen MR) is 70.6 cm³/mol. The van der Waals surface area contributed by atoms with Crippen LogP contribution in [0.3, 0.4) is 0 Å². The fourth-order valence-electron chi connectivity index (χ4n) is 2.42. The molecule has 1 aliphatic heterocycles. The minimum atomic E-state index is 0.760. The van der Waals surface area contributed by atoms with Gasteiger partial charge in [0.2, 0.25) is 0 Å². The molecule has 0 bridgehead atoms. The van der Waals surface area contributed by atoms with Gasteiger partial charge in [0, 0.05) is 26.6 Å². The summed E-state index contributed by atoms with van der Waals surface area (Å²) < 4.78 is 0. The van der Waals surface area contributed by atoms with E-state index in [1.165, 1.54) is 44.4 Å². The van der Waals surface area contributed by atoms with Crippen LogP contribution in [0.15, 0.2) is 4.99 Å². The third-order valence-corrected chi connectivity index (χ3v) is 3.48. The molecule has 15 heavy (non-hydrogen) atoms. The van der Waals surface area contributed by atoms with Crippen LogP contribution in [0.25, 0.3) is 0 Å². The van der Waals surface area contributed by atoms with Gasteiger partial charge in [-0.2, -0.15) is 0 Å². The Morgan fingerprint density at radius 2 is 2.27 bits per heavy atom. The summed E-state index contributed by atoms with van der Waals surface area (Å²) in [7, 11) is 6.42. The van der Waals surface area contributed by atoms with E-state index in [1.54, 1.807) is 0 Å². The van der Waals surface area contributed by atoms with Crippen molar-refractivity contribution in [3.8, 4) is 0 Å². The lowest BCUT2D eigenvalue weighted by molar-refractivity contribution is 0.359. The highest BCUT2D eigenvalue weighted by Crippen LogP contribution is 2.23. The van der Waals surface area contributed by atoms with E-state index < -0.39 is 0 Å². The highest BCUT2D eigenvalue weighted by atomic mass is 15.2. The summed E-state index contributed by atoms with van der Waals surface area (Å²) in [5.74, 6) is 2.16. The highest BCUT2D eigenvalue weighted by Gasteiger charge is 2.24. The monoisotopic (exact) mass is 208 g/mol. The Bertz CT molecular complexity index is 214. The second-order valence-corrected chi connectivity index (χ2v) is 5.12. The Morgan fingerprint density at radius 1 is 1.53 bits per heavy atom. The molecule has 2 atom stereocenters. The van der Waals surface area contributed by atoms with E-state index in [-0.39, 0.29) is 0 Å². The van der Waals surface area contributed by atoms with Crippen LogP contribution in [-0.2, 0) is 0 Å². The van der Waals surface area contributed by atoms with Gasteiger partial charge in [0.25, 0.3) is 0 Å². The summed E-state index contributed by atoms with van der Waals surface area (Å²) in [5.41, 5.74) is 0. The van der Waals surface area contributed by atoms with Crippen LogP contribution in [0, 0.1) is 0 Å². The van der Waals surface area contributed by atoms with Crippen LogP contribution < -0.4 is 0 Å². The van der Waals surface area contributed by atoms with Gasteiger partial charge < -0.3 is 4.90 Å².